The molecule has 80 valence electrons. The molecule has 0 saturated heterocycles. The zero-order valence-corrected chi connectivity index (χ0v) is 10.3. The molecule has 2 nitrogen and oxygen atoms in total. The fraction of sp³-hybridized carbons (Fsp3) is 0.364. The zero-order chi connectivity index (χ0) is 10.5. The Morgan fingerprint density at radius 2 is 2.40 bits per heavy atom. The number of nitrogens with one attached hydrogen (secondary N) is 1. The molecule has 0 spiro atoms. The SMILES string of the molecule is CC(NCCc1cccs1)c1cncs1. The molecule has 2 rings (SSSR count). The van der Waals surface area contributed by atoms with Crippen molar-refractivity contribution in [2.24, 2.45) is 0 Å². The summed E-state index contributed by atoms with van der Waals surface area (Å²) in [6, 6.07) is 4.70. The van der Waals surface area contributed by atoms with E-state index in [1.54, 1.807) is 11.3 Å². The van der Waals surface area contributed by atoms with Crippen LogP contribution in [0.1, 0.15) is 22.7 Å². The highest BCUT2D eigenvalue weighted by atomic mass is 32.1. The largest absolute Gasteiger partial charge is 0.309 e. The standard InChI is InChI=1S/C11H14N2S2/c1-9(11-7-12-8-15-11)13-5-4-10-3-2-6-14-10/h2-3,6-9,13H,4-5H2,1H3. The third-order valence-electron chi connectivity index (χ3n) is 2.28. The Bertz CT molecular complexity index is 367. The monoisotopic (exact) mass is 238 g/mol. The van der Waals surface area contributed by atoms with Crippen molar-refractivity contribution in [2.45, 2.75) is 19.4 Å². The van der Waals surface area contributed by atoms with E-state index in [1.165, 1.54) is 9.75 Å². The average molecular weight is 238 g/mol. The second-order valence-corrected chi connectivity index (χ2v) is 5.36. The molecule has 2 aromatic heterocycles. The van der Waals surface area contributed by atoms with Crippen molar-refractivity contribution in [1.82, 2.24) is 10.3 Å². The smallest absolute Gasteiger partial charge is 0.0794 e. The predicted molar refractivity (Wildman–Crippen MR) is 66.6 cm³/mol. The topological polar surface area (TPSA) is 24.9 Å². The van der Waals surface area contributed by atoms with Crippen LogP contribution in [0.3, 0.4) is 0 Å². The van der Waals surface area contributed by atoms with Crippen molar-refractivity contribution in [3.63, 3.8) is 0 Å². The summed E-state index contributed by atoms with van der Waals surface area (Å²) in [6.07, 6.45) is 3.05. The van der Waals surface area contributed by atoms with Crippen molar-refractivity contribution >= 4 is 22.7 Å². The molecule has 1 N–H and O–H groups in total. The summed E-state index contributed by atoms with van der Waals surface area (Å²) in [5.74, 6) is 0. The molecule has 0 bridgehead atoms. The van der Waals surface area contributed by atoms with E-state index in [2.05, 4.69) is 34.7 Å². The molecule has 0 aliphatic carbocycles. The van der Waals surface area contributed by atoms with Crippen molar-refractivity contribution in [1.29, 1.82) is 0 Å². The molecule has 0 radical (unpaired) electrons. The molecule has 0 saturated carbocycles. The second kappa shape index (κ2) is 5.39. The van der Waals surface area contributed by atoms with Crippen LogP contribution >= 0.6 is 22.7 Å². The lowest BCUT2D eigenvalue weighted by molar-refractivity contribution is 0.586. The lowest BCUT2D eigenvalue weighted by atomic mass is 10.3. The van der Waals surface area contributed by atoms with Gasteiger partial charge in [-0.15, -0.1) is 22.7 Å². The normalized spacial score (nSPS) is 12.9. The van der Waals surface area contributed by atoms with Gasteiger partial charge in [-0.25, -0.2) is 0 Å². The minimum Gasteiger partial charge on any atom is -0.309 e. The zero-order valence-electron chi connectivity index (χ0n) is 8.64. The first-order valence-electron chi connectivity index (χ1n) is 5.00. The first kappa shape index (κ1) is 10.8. The van der Waals surface area contributed by atoms with Gasteiger partial charge in [0.2, 0.25) is 0 Å². The Morgan fingerprint density at radius 3 is 3.07 bits per heavy atom. The van der Waals surface area contributed by atoms with Gasteiger partial charge < -0.3 is 5.32 Å². The first-order valence-corrected chi connectivity index (χ1v) is 6.76. The summed E-state index contributed by atoms with van der Waals surface area (Å²) >= 11 is 3.53. The van der Waals surface area contributed by atoms with Gasteiger partial charge in [-0.3, -0.25) is 4.98 Å². The molecular weight excluding hydrogens is 224 g/mol. The number of thiazole rings is 1. The maximum Gasteiger partial charge on any atom is 0.0794 e. The lowest BCUT2D eigenvalue weighted by Gasteiger charge is -2.10. The fourth-order valence-corrected chi connectivity index (χ4v) is 2.77. The van der Waals surface area contributed by atoms with E-state index in [1.807, 2.05) is 23.0 Å². The minimum atomic E-state index is 0.414. The van der Waals surface area contributed by atoms with Crippen molar-refractivity contribution in [3.8, 4) is 0 Å². The van der Waals surface area contributed by atoms with E-state index < -0.39 is 0 Å². The number of hydrogen-bond acceptors (Lipinski definition) is 4. The van der Waals surface area contributed by atoms with Gasteiger partial charge in [0, 0.05) is 28.5 Å². The third kappa shape index (κ3) is 3.12. The highest BCUT2D eigenvalue weighted by molar-refractivity contribution is 7.10. The number of thiophene rings is 1. The average Bonchev–Trinajstić information content (AvgIpc) is 2.90. The van der Waals surface area contributed by atoms with Crippen LogP contribution in [0.15, 0.2) is 29.2 Å². The van der Waals surface area contributed by atoms with E-state index in [0.29, 0.717) is 6.04 Å². The van der Waals surface area contributed by atoms with Crippen molar-refractivity contribution in [2.75, 3.05) is 6.54 Å². The summed E-state index contributed by atoms with van der Waals surface area (Å²) in [5, 5.41) is 5.63. The fourth-order valence-electron chi connectivity index (χ4n) is 1.41. The maximum absolute atomic E-state index is 4.08. The van der Waals surface area contributed by atoms with Gasteiger partial charge in [0.1, 0.15) is 0 Å². The highest BCUT2D eigenvalue weighted by Crippen LogP contribution is 2.16. The number of hydrogen-bond donors (Lipinski definition) is 1. The maximum atomic E-state index is 4.08. The van der Waals surface area contributed by atoms with Gasteiger partial charge in [0.05, 0.1) is 5.51 Å². The molecule has 1 atom stereocenters. The molecule has 0 fully saturated rings. The molecular formula is C11H14N2S2. The Balaban J connectivity index is 1.74. The Labute approximate surface area is 98.0 Å². The molecule has 0 amide bonds. The van der Waals surface area contributed by atoms with E-state index in [9.17, 15) is 0 Å². The summed E-state index contributed by atoms with van der Waals surface area (Å²) < 4.78 is 0. The summed E-state index contributed by atoms with van der Waals surface area (Å²) in [6.45, 7) is 3.21. The quantitative estimate of drug-likeness (QED) is 0.866. The van der Waals surface area contributed by atoms with E-state index in [0.717, 1.165) is 13.0 Å². The lowest BCUT2D eigenvalue weighted by Crippen LogP contribution is -2.20. The van der Waals surface area contributed by atoms with Crippen LogP contribution in [0.2, 0.25) is 0 Å². The third-order valence-corrected chi connectivity index (χ3v) is 4.17. The van der Waals surface area contributed by atoms with Crippen LogP contribution in [-0.2, 0) is 6.42 Å². The molecule has 2 aromatic rings. The molecule has 2 heterocycles. The first-order chi connectivity index (χ1) is 7.36. The molecule has 1 unspecified atom stereocenters. The van der Waals surface area contributed by atoms with Crippen LogP contribution in [0, 0.1) is 0 Å². The summed E-state index contributed by atoms with van der Waals surface area (Å²) in [7, 11) is 0. The molecule has 15 heavy (non-hydrogen) atoms. The van der Waals surface area contributed by atoms with Gasteiger partial charge in [0.15, 0.2) is 0 Å². The van der Waals surface area contributed by atoms with Crippen LogP contribution in [0.5, 0.6) is 0 Å². The van der Waals surface area contributed by atoms with Crippen molar-refractivity contribution in [3.05, 3.63) is 39.0 Å². The van der Waals surface area contributed by atoms with Gasteiger partial charge in [0.25, 0.3) is 0 Å². The number of nitrogens with zero attached hydrogens (tertiary/aromatic N) is 1. The van der Waals surface area contributed by atoms with Gasteiger partial charge in [-0.1, -0.05) is 6.07 Å². The summed E-state index contributed by atoms with van der Waals surface area (Å²) in [5.41, 5.74) is 1.88. The number of aromatic nitrogens is 1. The molecule has 4 heteroatoms. The minimum absolute atomic E-state index is 0.414. The van der Waals surface area contributed by atoms with Crippen molar-refractivity contribution < 1.29 is 0 Å². The Hall–Kier alpha value is -0.710. The van der Waals surface area contributed by atoms with E-state index in [-0.39, 0.29) is 0 Å². The Morgan fingerprint density at radius 1 is 1.47 bits per heavy atom. The molecule has 0 aliphatic heterocycles. The van der Waals surface area contributed by atoms with Crippen LogP contribution in [0.4, 0.5) is 0 Å². The van der Waals surface area contributed by atoms with E-state index >= 15 is 0 Å². The molecule has 0 aliphatic rings. The predicted octanol–water partition coefficient (Wildman–Crippen LogP) is 3.10. The van der Waals surface area contributed by atoms with Crippen LogP contribution < -0.4 is 5.32 Å². The number of rotatable bonds is 5. The molecule has 0 aromatic carbocycles. The van der Waals surface area contributed by atoms with E-state index in [4.69, 9.17) is 0 Å². The van der Waals surface area contributed by atoms with Crippen LogP contribution in [0.25, 0.3) is 0 Å². The second-order valence-electron chi connectivity index (χ2n) is 3.41. The summed E-state index contributed by atoms with van der Waals surface area (Å²) in [4.78, 5) is 6.83. The van der Waals surface area contributed by atoms with Crippen LogP contribution in [-0.4, -0.2) is 11.5 Å². The highest BCUT2D eigenvalue weighted by Gasteiger charge is 2.05. The Kier molecular flexibility index (Phi) is 3.88. The van der Waals surface area contributed by atoms with Gasteiger partial charge >= 0.3 is 0 Å². The van der Waals surface area contributed by atoms with Gasteiger partial charge in [-0.05, 0) is 24.8 Å². The van der Waals surface area contributed by atoms with Gasteiger partial charge in [-0.2, -0.15) is 0 Å².